The molecule has 2 aromatic heterocycles. The average Bonchev–Trinajstić information content (AvgIpc) is 2.17. The molecule has 2 heterocycles. The molecule has 2 rings (SSSR count). The fourth-order valence-electron chi connectivity index (χ4n) is 1.10. The minimum Gasteiger partial charge on any atom is -0.253 e. The highest BCUT2D eigenvalue weighted by Crippen LogP contribution is 2.08. The van der Waals surface area contributed by atoms with Crippen LogP contribution in [0.4, 0.5) is 0 Å². The number of rotatable bonds is 1. The first-order chi connectivity index (χ1) is 5.90. The van der Waals surface area contributed by atoms with Gasteiger partial charge in [-0.15, -0.1) is 0 Å². The number of fused-ring (bicyclic) bond motifs is 1. The van der Waals surface area contributed by atoms with E-state index < -0.39 is 0 Å². The predicted octanol–water partition coefficient (Wildman–Crippen LogP) is 1.59. The van der Waals surface area contributed by atoms with Crippen LogP contribution < -0.4 is 0 Å². The lowest BCUT2D eigenvalue weighted by Gasteiger charge is -1.97. The molecular formula is C9H9N3. The highest BCUT2D eigenvalue weighted by molar-refractivity contribution is 5.72. The molecule has 0 saturated heterocycles. The Labute approximate surface area is 70.5 Å². The Balaban J connectivity index is 2.67. The zero-order valence-electron chi connectivity index (χ0n) is 6.86. The van der Waals surface area contributed by atoms with Crippen molar-refractivity contribution in [1.29, 1.82) is 0 Å². The lowest BCUT2D eigenvalue weighted by molar-refractivity contribution is 1.10. The number of pyridine rings is 1. The molecule has 0 unspecified atom stereocenters. The first-order valence-electron chi connectivity index (χ1n) is 3.95. The Morgan fingerprint density at radius 3 is 2.92 bits per heavy atom. The molecule has 0 aliphatic heterocycles. The van der Waals surface area contributed by atoms with Crippen LogP contribution in [0, 0.1) is 0 Å². The summed E-state index contributed by atoms with van der Waals surface area (Å²) in [5, 5.41) is 0. The van der Waals surface area contributed by atoms with E-state index in [1.807, 2.05) is 12.3 Å². The Morgan fingerprint density at radius 1 is 1.17 bits per heavy atom. The van der Waals surface area contributed by atoms with Gasteiger partial charge in [0.05, 0.1) is 11.7 Å². The second kappa shape index (κ2) is 2.85. The molecule has 0 aliphatic rings. The summed E-state index contributed by atoms with van der Waals surface area (Å²) in [6.07, 6.45) is 6.13. The quantitative estimate of drug-likeness (QED) is 0.634. The summed E-state index contributed by atoms with van der Waals surface area (Å²) >= 11 is 0. The summed E-state index contributed by atoms with van der Waals surface area (Å²) in [6.45, 7) is 2.10. The van der Waals surface area contributed by atoms with Gasteiger partial charge >= 0.3 is 0 Å². The molecule has 0 fully saturated rings. The summed E-state index contributed by atoms with van der Waals surface area (Å²) in [5.41, 5.74) is 2.99. The second-order valence-corrected chi connectivity index (χ2v) is 2.62. The van der Waals surface area contributed by atoms with Crippen LogP contribution in [0.15, 0.2) is 24.8 Å². The standard InChI is InChI=1S/C9H9N3/c1-2-7-3-8-9(11-4-7)5-10-6-12-8/h3-6H,2H2,1H3. The molecule has 0 atom stereocenters. The van der Waals surface area contributed by atoms with E-state index in [-0.39, 0.29) is 0 Å². The zero-order chi connectivity index (χ0) is 8.39. The Hall–Kier alpha value is -1.51. The molecule has 3 heteroatoms. The van der Waals surface area contributed by atoms with E-state index in [2.05, 4.69) is 21.9 Å². The van der Waals surface area contributed by atoms with Crippen LogP contribution in [-0.2, 0) is 6.42 Å². The van der Waals surface area contributed by atoms with Gasteiger partial charge in [-0.1, -0.05) is 6.92 Å². The van der Waals surface area contributed by atoms with E-state index in [4.69, 9.17) is 0 Å². The summed E-state index contributed by atoms with van der Waals surface area (Å²) in [6, 6.07) is 2.05. The van der Waals surface area contributed by atoms with E-state index in [1.54, 1.807) is 12.5 Å². The van der Waals surface area contributed by atoms with E-state index in [9.17, 15) is 0 Å². The van der Waals surface area contributed by atoms with Crippen LogP contribution in [0.2, 0.25) is 0 Å². The van der Waals surface area contributed by atoms with Gasteiger partial charge in [-0.05, 0) is 18.1 Å². The maximum Gasteiger partial charge on any atom is 0.116 e. The normalized spacial score (nSPS) is 10.4. The van der Waals surface area contributed by atoms with Gasteiger partial charge in [0.25, 0.3) is 0 Å². The third-order valence-corrected chi connectivity index (χ3v) is 1.82. The fraction of sp³-hybridized carbons (Fsp3) is 0.222. The predicted molar refractivity (Wildman–Crippen MR) is 46.7 cm³/mol. The van der Waals surface area contributed by atoms with Crippen molar-refractivity contribution < 1.29 is 0 Å². The topological polar surface area (TPSA) is 38.7 Å². The van der Waals surface area contributed by atoms with Crippen LogP contribution in [0.3, 0.4) is 0 Å². The fourth-order valence-corrected chi connectivity index (χ4v) is 1.10. The molecule has 0 aliphatic carbocycles. The van der Waals surface area contributed by atoms with Gasteiger partial charge in [-0.2, -0.15) is 0 Å². The van der Waals surface area contributed by atoms with Crippen molar-refractivity contribution in [2.75, 3.05) is 0 Å². The van der Waals surface area contributed by atoms with Gasteiger partial charge in [0.15, 0.2) is 0 Å². The summed E-state index contributed by atoms with van der Waals surface area (Å²) in [4.78, 5) is 12.2. The smallest absolute Gasteiger partial charge is 0.116 e. The summed E-state index contributed by atoms with van der Waals surface area (Å²) in [5.74, 6) is 0. The largest absolute Gasteiger partial charge is 0.253 e. The molecule has 0 N–H and O–H groups in total. The monoisotopic (exact) mass is 159 g/mol. The Bertz CT molecular complexity index is 398. The summed E-state index contributed by atoms with van der Waals surface area (Å²) < 4.78 is 0. The first kappa shape index (κ1) is 7.16. The van der Waals surface area contributed by atoms with Gasteiger partial charge in [0.2, 0.25) is 0 Å². The van der Waals surface area contributed by atoms with E-state index >= 15 is 0 Å². The highest BCUT2D eigenvalue weighted by Gasteiger charge is 1.95. The zero-order valence-corrected chi connectivity index (χ0v) is 6.86. The lowest BCUT2D eigenvalue weighted by Crippen LogP contribution is -1.87. The minimum absolute atomic E-state index is 0.856. The molecule has 0 amide bonds. The SMILES string of the molecule is CCc1cnc2cncnc2c1. The van der Waals surface area contributed by atoms with Crippen LogP contribution in [0.1, 0.15) is 12.5 Å². The molecule has 2 aromatic rings. The molecule has 0 saturated carbocycles. The first-order valence-corrected chi connectivity index (χ1v) is 3.95. The summed E-state index contributed by atoms with van der Waals surface area (Å²) in [7, 11) is 0. The van der Waals surface area contributed by atoms with Crippen LogP contribution in [0.25, 0.3) is 11.0 Å². The third kappa shape index (κ3) is 1.13. The third-order valence-electron chi connectivity index (χ3n) is 1.82. The molecule has 0 aromatic carbocycles. The van der Waals surface area contributed by atoms with Crippen molar-refractivity contribution in [1.82, 2.24) is 15.0 Å². The number of nitrogens with zero attached hydrogens (tertiary/aromatic N) is 3. The number of aryl methyl sites for hydroxylation is 1. The van der Waals surface area contributed by atoms with Crippen molar-refractivity contribution >= 4 is 11.0 Å². The van der Waals surface area contributed by atoms with Gasteiger partial charge in [0.1, 0.15) is 11.8 Å². The van der Waals surface area contributed by atoms with Crippen molar-refractivity contribution in [2.24, 2.45) is 0 Å². The average molecular weight is 159 g/mol. The maximum atomic E-state index is 4.23. The molecule has 0 spiro atoms. The van der Waals surface area contributed by atoms with Crippen molar-refractivity contribution in [3.63, 3.8) is 0 Å². The molecule has 12 heavy (non-hydrogen) atoms. The van der Waals surface area contributed by atoms with Gasteiger partial charge in [-0.3, -0.25) is 4.98 Å². The van der Waals surface area contributed by atoms with Gasteiger partial charge in [-0.25, -0.2) is 9.97 Å². The maximum absolute atomic E-state index is 4.23. The van der Waals surface area contributed by atoms with Crippen molar-refractivity contribution in [3.8, 4) is 0 Å². The van der Waals surface area contributed by atoms with E-state index in [0.717, 1.165) is 17.5 Å². The molecule has 0 radical (unpaired) electrons. The van der Waals surface area contributed by atoms with Crippen LogP contribution in [0.5, 0.6) is 0 Å². The highest BCUT2D eigenvalue weighted by atomic mass is 14.8. The number of hydrogen-bond donors (Lipinski definition) is 0. The minimum atomic E-state index is 0.856. The van der Waals surface area contributed by atoms with Gasteiger partial charge < -0.3 is 0 Å². The molecule has 3 nitrogen and oxygen atoms in total. The van der Waals surface area contributed by atoms with Crippen molar-refractivity contribution in [2.45, 2.75) is 13.3 Å². The molecular weight excluding hydrogens is 150 g/mol. The second-order valence-electron chi connectivity index (χ2n) is 2.62. The Morgan fingerprint density at radius 2 is 2.08 bits per heavy atom. The van der Waals surface area contributed by atoms with E-state index in [1.165, 1.54) is 5.56 Å². The number of hydrogen-bond acceptors (Lipinski definition) is 3. The molecule has 0 bridgehead atoms. The van der Waals surface area contributed by atoms with Gasteiger partial charge in [0, 0.05) is 6.20 Å². The lowest BCUT2D eigenvalue weighted by atomic mass is 10.2. The van der Waals surface area contributed by atoms with Crippen molar-refractivity contribution in [3.05, 3.63) is 30.4 Å². The Kier molecular flexibility index (Phi) is 1.70. The van der Waals surface area contributed by atoms with E-state index in [0.29, 0.717) is 0 Å². The van der Waals surface area contributed by atoms with Crippen LogP contribution in [-0.4, -0.2) is 15.0 Å². The molecule has 60 valence electrons. The van der Waals surface area contributed by atoms with Crippen LogP contribution >= 0.6 is 0 Å². The number of aromatic nitrogens is 3.